The van der Waals surface area contributed by atoms with Crippen molar-refractivity contribution >= 4 is 5.91 Å². The molecule has 1 amide bonds. The molecule has 0 aromatic carbocycles. The number of rotatable bonds is 4. The van der Waals surface area contributed by atoms with Crippen molar-refractivity contribution < 1.29 is 4.79 Å². The Hall–Kier alpha value is -0.610. The first-order valence-electron chi connectivity index (χ1n) is 6.35. The van der Waals surface area contributed by atoms with E-state index in [-0.39, 0.29) is 5.91 Å². The van der Waals surface area contributed by atoms with Crippen molar-refractivity contribution in [1.82, 2.24) is 14.7 Å². The van der Waals surface area contributed by atoms with Crippen molar-refractivity contribution in [2.75, 3.05) is 46.3 Å². The molecule has 1 saturated heterocycles. The van der Waals surface area contributed by atoms with E-state index in [1.165, 1.54) is 19.4 Å². The molecule has 2 fully saturated rings. The molecule has 0 radical (unpaired) electrons. The second kappa shape index (κ2) is 5.15. The highest BCUT2D eigenvalue weighted by Crippen LogP contribution is 2.24. The van der Waals surface area contributed by atoms with Gasteiger partial charge in [0.15, 0.2) is 0 Å². The molecule has 0 aromatic rings. The lowest BCUT2D eigenvalue weighted by Gasteiger charge is -2.35. The van der Waals surface area contributed by atoms with Gasteiger partial charge in [0.05, 0.1) is 0 Å². The first kappa shape index (κ1) is 11.9. The third kappa shape index (κ3) is 3.19. The van der Waals surface area contributed by atoms with Crippen LogP contribution in [0.15, 0.2) is 0 Å². The third-order valence-electron chi connectivity index (χ3n) is 3.76. The van der Waals surface area contributed by atoms with Crippen molar-refractivity contribution in [2.45, 2.75) is 25.8 Å². The van der Waals surface area contributed by atoms with Gasteiger partial charge in [-0.05, 0) is 19.9 Å². The minimum absolute atomic E-state index is 0.217. The molecule has 0 aromatic heterocycles. The molecule has 1 aliphatic heterocycles. The second-order valence-electron chi connectivity index (χ2n) is 5.06. The molecule has 0 unspecified atom stereocenters. The van der Waals surface area contributed by atoms with Crippen LogP contribution in [0.2, 0.25) is 0 Å². The van der Waals surface area contributed by atoms with Gasteiger partial charge in [-0.1, -0.05) is 0 Å². The molecule has 4 heteroatoms. The van der Waals surface area contributed by atoms with Gasteiger partial charge in [0.2, 0.25) is 5.91 Å². The summed E-state index contributed by atoms with van der Waals surface area (Å²) in [6.07, 6.45) is 2.77. The highest BCUT2D eigenvalue weighted by atomic mass is 16.2. The van der Waals surface area contributed by atoms with Gasteiger partial charge in [-0.25, -0.2) is 0 Å². The Morgan fingerprint density at radius 2 is 1.88 bits per heavy atom. The van der Waals surface area contributed by atoms with Crippen LogP contribution in [0.3, 0.4) is 0 Å². The van der Waals surface area contributed by atoms with E-state index in [1.54, 1.807) is 6.92 Å². The highest BCUT2D eigenvalue weighted by Gasteiger charge is 2.26. The highest BCUT2D eigenvalue weighted by molar-refractivity contribution is 5.73. The topological polar surface area (TPSA) is 26.8 Å². The summed E-state index contributed by atoms with van der Waals surface area (Å²) in [6.45, 7) is 7.88. The van der Waals surface area contributed by atoms with Gasteiger partial charge in [-0.15, -0.1) is 0 Å². The molecule has 16 heavy (non-hydrogen) atoms. The van der Waals surface area contributed by atoms with Gasteiger partial charge in [0, 0.05) is 52.2 Å². The number of hydrogen-bond donors (Lipinski definition) is 0. The zero-order chi connectivity index (χ0) is 11.5. The van der Waals surface area contributed by atoms with Gasteiger partial charge in [0.1, 0.15) is 0 Å². The Bertz CT molecular complexity index is 245. The molecule has 0 atom stereocenters. The zero-order valence-electron chi connectivity index (χ0n) is 10.5. The van der Waals surface area contributed by atoms with E-state index in [1.807, 2.05) is 4.90 Å². The maximum atomic E-state index is 11.2. The molecular weight excluding hydrogens is 202 g/mol. The molecule has 1 saturated carbocycles. The van der Waals surface area contributed by atoms with Crippen LogP contribution in [0.1, 0.15) is 19.8 Å². The molecular formula is C12H23N3O. The van der Waals surface area contributed by atoms with E-state index in [0.29, 0.717) is 0 Å². The summed E-state index contributed by atoms with van der Waals surface area (Å²) in [5.74, 6) is 0.217. The van der Waals surface area contributed by atoms with E-state index in [4.69, 9.17) is 0 Å². The number of amides is 1. The minimum atomic E-state index is 0.217. The Balaban J connectivity index is 1.63. The maximum absolute atomic E-state index is 11.2. The summed E-state index contributed by atoms with van der Waals surface area (Å²) >= 11 is 0. The molecule has 1 heterocycles. The third-order valence-corrected chi connectivity index (χ3v) is 3.76. The number of carbonyl (C=O) groups excluding carboxylic acids is 1. The summed E-state index contributed by atoms with van der Waals surface area (Å²) in [7, 11) is 2.23. The fourth-order valence-corrected chi connectivity index (χ4v) is 2.28. The summed E-state index contributed by atoms with van der Waals surface area (Å²) < 4.78 is 0. The Morgan fingerprint density at radius 1 is 1.25 bits per heavy atom. The van der Waals surface area contributed by atoms with E-state index >= 15 is 0 Å². The Labute approximate surface area is 98.2 Å². The van der Waals surface area contributed by atoms with Crippen LogP contribution in [0.5, 0.6) is 0 Å². The fourth-order valence-electron chi connectivity index (χ4n) is 2.28. The standard InChI is InChI=1S/C12H23N3O/c1-11(16)15-9-7-14(8-10-15)6-5-13(2)12-3-4-12/h12H,3-10H2,1-2H3. The van der Waals surface area contributed by atoms with Gasteiger partial charge < -0.3 is 9.80 Å². The smallest absolute Gasteiger partial charge is 0.219 e. The molecule has 92 valence electrons. The Morgan fingerprint density at radius 3 is 2.38 bits per heavy atom. The number of likely N-dealkylation sites (N-methyl/N-ethyl adjacent to an activating group) is 1. The van der Waals surface area contributed by atoms with E-state index in [9.17, 15) is 4.79 Å². The SMILES string of the molecule is CC(=O)N1CCN(CCN(C)C2CC2)CC1. The van der Waals surface area contributed by atoms with Crippen molar-refractivity contribution in [3.05, 3.63) is 0 Å². The van der Waals surface area contributed by atoms with E-state index < -0.39 is 0 Å². The summed E-state index contributed by atoms with van der Waals surface area (Å²) in [5, 5.41) is 0. The van der Waals surface area contributed by atoms with Crippen molar-refractivity contribution in [2.24, 2.45) is 0 Å². The summed E-state index contributed by atoms with van der Waals surface area (Å²) in [5.41, 5.74) is 0. The van der Waals surface area contributed by atoms with Gasteiger partial charge in [-0.2, -0.15) is 0 Å². The second-order valence-corrected chi connectivity index (χ2v) is 5.06. The largest absolute Gasteiger partial charge is 0.340 e. The monoisotopic (exact) mass is 225 g/mol. The molecule has 1 aliphatic carbocycles. The van der Waals surface area contributed by atoms with Crippen LogP contribution in [0.25, 0.3) is 0 Å². The van der Waals surface area contributed by atoms with Crippen molar-refractivity contribution in [3.63, 3.8) is 0 Å². The van der Waals surface area contributed by atoms with Crippen LogP contribution in [-0.2, 0) is 4.79 Å². The normalized spacial score (nSPS) is 22.8. The predicted molar refractivity (Wildman–Crippen MR) is 64.3 cm³/mol. The molecule has 4 nitrogen and oxygen atoms in total. The molecule has 2 rings (SSSR count). The quantitative estimate of drug-likeness (QED) is 0.686. The lowest BCUT2D eigenvalue weighted by molar-refractivity contribution is -0.130. The van der Waals surface area contributed by atoms with Crippen LogP contribution >= 0.6 is 0 Å². The van der Waals surface area contributed by atoms with Crippen LogP contribution in [-0.4, -0.2) is 73.0 Å². The number of piperazine rings is 1. The van der Waals surface area contributed by atoms with Crippen molar-refractivity contribution in [3.8, 4) is 0 Å². The minimum Gasteiger partial charge on any atom is -0.340 e. The Kier molecular flexibility index (Phi) is 3.82. The first-order chi connectivity index (χ1) is 7.66. The lowest BCUT2D eigenvalue weighted by atomic mass is 10.3. The summed E-state index contributed by atoms with van der Waals surface area (Å²) in [4.78, 5) is 18.1. The predicted octanol–water partition coefficient (Wildman–Crippen LogP) is 0.245. The molecule has 0 N–H and O–H groups in total. The van der Waals surface area contributed by atoms with Crippen LogP contribution in [0, 0.1) is 0 Å². The number of carbonyl (C=O) groups is 1. The van der Waals surface area contributed by atoms with Gasteiger partial charge in [-0.3, -0.25) is 9.69 Å². The molecule has 0 bridgehead atoms. The lowest BCUT2D eigenvalue weighted by Crippen LogP contribution is -2.49. The van der Waals surface area contributed by atoms with E-state index in [2.05, 4.69) is 16.8 Å². The average Bonchev–Trinajstić information content (AvgIpc) is 3.10. The van der Waals surface area contributed by atoms with Crippen molar-refractivity contribution in [1.29, 1.82) is 0 Å². The van der Waals surface area contributed by atoms with Gasteiger partial charge >= 0.3 is 0 Å². The fraction of sp³-hybridized carbons (Fsp3) is 0.917. The molecule has 2 aliphatic rings. The number of nitrogens with zero attached hydrogens (tertiary/aromatic N) is 3. The number of hydrogen-bond acceptors (Lipinski definition) is 3. The average molecular weight is 225 g/mol. The van der Waals surface area contributed by atoms with Crippen LogP contribution < -0.4 is 0 Å². The van der Waals surface area contributed by atoms with Crippen LogP contribution in [0.4, 0.5) is 0 Å². The maximum Gasteiger partial charge on any atom is 0.219 e. The molecule has 0 spiro atoms. The zero-order valence-corrected chi connectivity index (χ0v) is 10.5. The first-order valence-corrected chi connectivity index (χ1v) is 6.35. The van der Waals surface area contributed by atoms with E-state index in [0.717, 1.165) is 38.8 Å². The summed E-state index contributed by atoms with van der Waals surface area (Å²) in [6, 6.07) is 0.860. The van der Waals surface area contributed by atoms with Gasteiger partial charge in [0.25, 0.3) is 0 Å².